The molecule has 0 aromatic carbocycles. The largest absolute Gasteiger partial charge is 0.473 e. The number of alkyl halides is 6. The van der Waals surface area contributed by atoms with Gasteiger partial charge in [-0.1, -0.05) is 46.7 Å². The van der Waals surface area contributed by atoms with Crippen LogP contribution in [0.4, 0.5) is 26.3 Å². The zero-order chi connectivity index (χ0) is 20.9. The second-order valence-electron chi connectivity index (χ2n) is 6.01. The van der Waals surface area contributed by atoms with Gasteiger partial charge in [-0.15, -0.1) is 0 Å². The topological polar surface area (TPSA) is 36.5 Å². The zero-order valence-corrected chi connectivity index (χ0v) is 16.9. The van der Waals surface area contributed by atoms with Gasteiger partial charge in [0, 0.05) is 12.8 Å². The molecule has 12 heteroatoms. The summed E-state index contributed by atoms with van der Waals surface area (Å²) in [4.78, 5) is 2.04. The van der Waals surface area contributed by atoms with Crippen LogP contribution in [0, 0.1) is 0 Å². The van der Waals surface area contributed by atoms with E-state index in [1.807, 2.05) is 13.8 Å². The maximum Gasteiger partial charge on any atom is 0.473 e. The van der Waals surface area contributed by atoms with Gasteiger partial charge in [-0.25, -0.2) is 0 Å². The fraction of sp³-hybridized carbons (Fsp3) is 0.625. The number of rotatable bonds is 7. The van der Waals surface area contributed by atoms with E-state index in [1.54, 1.807) is 0 Å². The Morgan fingerprint density at radius 2 is 1.11 bits per heavy atom. The molecule has 0 amide bonds. The molecule has 0 saturated carbocycles. The second-order valence-corrected chi connectivity index (χ2v) is 7.69. The molecule has 2 rings (SSSR count). The first-order valence-electron chi connectivity index (χ1n) is 8.68. The minimum absolute atomic E-state index is 0.00442. The summed E-state index contributed by atoms with van der Waals surface area (Å²) in [5.41, 5.74) is -1.66. The number of hydrogen-bond acceptors (Lipinski definition) is 4. The van der Waals surface area contributed by atoms with Crippen molar-refractivity contribution in [3.05, 3.63) is 22.2 Å². The predicted octanol–water partition coefficient (Wildman–Crippen LogP) is 5.79. The van der Waals surface area contributed by atoms with Crippen LogP contribution in [-0.4, -0.2) is 35.8 Å². The molecule has 0 atom stereocenters. The van der Waals surface area contributed by atoms with Gasteiger partial charge in [0.15, 0.2) is 0 Å². The van der Waals surface area contributed by atoms with E-state index in [2.05, 4.69) is 10.2 Å². The highest BCUT2D eigenvalue weighted by molar-refractivity contribution is 8.17. The van der Waals surface area contributed by atoms with Crippen molar-refractivity contribution in [2.75, 3.05) is 13.1 Å². The van der Waals surface area contributed by atoms with Crippen LogP contribution in [0.2, 0.25) is 0 Å². The van der Waals surface area contributed by atoms with Gasteiger partial charge in [0.05, 0.1) is 10.8 Å². The summed E-state index contributed by atoms with van der Waals surface area (Å²) < 4.78 is 79.1. The van der Waals surface area contributed by atoms with Crippen LogP contribution in [0.3, 0.4) is 0 Å². The number of thioether (sulfide) groups is 2. The monoisotopic (exact) mass is 446 g/mol. The molecule has 156 valence electrons. The van der Waals surface area contributed by atoms with Gasteiger partial charge >= 0.3 is 22.7 Å². The number of nitrogens with zero attached hydrogens (tertiary/aromatic N) is 4. The smallest absolute Gasteiger partial charge is 0.161 e. The van der Waals surface area contributed by atoms with Crippen LogP contribution >= 0.6 is 23.5 Å². The van der Waals surface area contributed by atoms with Gasteiger partial charge in [-0.3, -0.25) is 0 Å². The Labute approximate surface area is 167 Å². The van der Waals surface area contributed by atoms with E-state index < -0.39 is 23.7 Å². The van der Waals surface area contributed by atoms with Gasteiger partial charge in [0.25, 0.3) is 11.4 Å². The lowest BCUT2D eigenvalue weighted by Gasteiger charge is -2.11. The van der Waals surface area contributed by atoms with Crippen molar-refractivity contribution in [1.29, 1.82) is 0 Å². The number of hydrogen-bond donors (Lipinski definition) is 0. The molecular formula is C16H20F6N4S2+2. The van der Waals surface area contributed by atoms with Crippen LogP contribution in [-0.2, 0) is 0 Å². The molecule has 0 aromatic rings. The summed E-state index contributed by atoms with van der Waals surface area (Å²) >= 11 is 1.53. The van der Waals surface area contributed by atoms with E-state index in [-0.39, 0.29) is 23.4 Å². The molecule has 0 fully saturated rings. The summed E-state index contributed by atoms with van der Waals surface area (Å²) in [6, 6.07) is 0. The highest BCUT2D eigenvalue weighted by Gasteiger charge is 2.53. The van der Waals surface area contributed by atoms with Gasteiger partial charge in [-0.2, -0.15) is 26.3 Å². The van der Waals surface area contributed by atoms with Crippen LogP contribution < -0.4 is 9.80 Å². The Bertz CT molecular complexity index is 624. The maximum atomic E-state index is 13.2. The Balaban J connectivity index is 2.24. The third kappa shape index (κ3) is 5.77. The number of allylic oxidation sites excluding steroid dienone is 2. The lowest BCUT2D eigenvalue weighted by atomic mass is 10.3. The molecule has 2 aliphatic heterocycles. The molecule has 4 nitrogen and oxygen atoms in total. The quantitative estimate of drug-likeness (QED) is 0.282. The Kier molecular flexibility index (Phi) is 8.06. The summed E-state index contributed by atoms with van der Waals surface area (Å²) in [6.45, 7) is 3.92. The third-order valence-electron chi connectivity index (χ3n) is 3.87. The van der Waals surface area contributed by atoms with E-state index >= 15 is 0 Å². The molecule has 2 heterocycles. The molecule has 0 saturated heterocycles. The lowest BCUT2D eigenvalue weighted by Crippen LogP contribution is -2.39. The molecule has 0 unspecified atom stereocenters. The minimum Gasteiger partial charge on any atom is -0.161 e. The van der Waals surface area contributed by atoms with Crippen molar-refractivity contribution in [3.8, 4) is 0 Å². The summed E-state index contributed by atoms with van der Waals surface area (Å²) in [7, 11) is 0. The maximum absolute atomic E-state index is 13.2. The summed E-state index contributed by atoms with van der Waals surface area (Å²) in [5.74, 6) is 0. The highest BCUT2D eigenvalue weighted by Crippen LogP contribution is 2.38. The van der Waals surface area contributed by atoms with E-state index in [0.717, 1.165) is 44.1 Å². The van der Waals surface area contributed by atoms with Crippen LogP contribution in [0.1, 0.15) is 39.5 Å². The minimum atomic E-state index is -4.54. The fourth-order valence-electron chi connectivity index (χ4n) is 2.42. The Hall–Kier alpha value is -0.980. The Morgan fingerprint density at radius 1 is 0.750 bits per heavy atom. The van der Waals surface area contributed by atoms with Crippen LogP contribution in [0.5, 0.6) is 0 Å². The first kappa shape index (κ1) is 23.3. The van der Waals surface area contributed by atoms with E-state index in [1.165, 1.54) is 0 Å². The molecule has 0 aliphatic carbocycles. The van der Waals surface area contributed by atoms with Crippen LogP contribution in [0.25, 0.3) is 0 Å². The molecule has 0 N–H and O–H groups in total. The zero-order valence-electron chi connectivity index (χ0n) is 15.3. The number of halogens is 6. The van der Waals surface area contributed by atoms with Gasteiger partial charge in [0.2, 0.25) is 0 Å². The standard InChI is InChI=1S/C16H20F6N4S2/c1-3-5-7-25-11(15(17,18)19)9-27-13(25)23-24-14-26(8-6-4-2)12(10-28-14)16(20,21)22/h9-10H,3-8H2,1-2H3/q+2/b23-13+,24-14+. The molecule has 0 spiro atoms. The van der Waals surface area contributed by atoms with Crippen molar-refractivity contribution < 1.29 is 26.3 Å². The third-order valence-corrected chi connectivity index (χ3v) is 5.58. The number of amidine groups is 2. The average molecular weight is 446 g/mol. The highest BCUT2D eigenvalue weighted by atomic mass is 32.2. The normalized spacial score (nSPS) is 22.4. The SMILES string of the molecule is CCCC[N+]1C(C(F)(F)F)=CS/C1=N/N=C1/SC=C(C(F)(F)F)[N+]1CCCC. The summed E-state index contributed by atoms with van der Waals surface area (Å²) in [6.07, 6.45) is -6.67. The fourth-order valence-corrected chi connectivity index (χ4v) is 4.19. The Morgan fingerprint density at radius 3 is 1.39 bits per heavy atom. The van der Waals surface area contributed by atoms with E-state index in [4.69, 9.17) is 0 Å². The van der Waals surface area contributed by atoms with Crippen molar-refractivity contribution in [1.82, 2.24) is 9.80 Å². The van der Waals surface area contributed by atoms with E-state index in [9.17, 15) is 26.3 Å². The van der Waals surface area contributed by atoms with Gasteiger partial charge in [0.1, 0.15) is 13.1 Å². The number of unbranched alkanes of at least 4 members (excludes halogenated alkanes) is 2. The first-order valence-corrected chi connectivity index (χ1v) is 10.4. The predicted molar refractivity (Wildman–Crippen MR) is 102 cm³/mol. The van der Waals surface area contributed by atoms with Gasteiger partial charge in [-0.05, 0) is 23.5 Å². The molecule has 2 radical (unpaired) electrons. The molecule has 0 aromatic heterocycles. The molecule has 2 aliphatic rings. The van der Waals surface area contributed by atoms with Gasteiger partial charge < -0.3 is 0 Å². The van der Waals surface area contributed by atoms with Crippen molar-refractivity contribution in [3.63, 3.8) is 0 Å². The summed E-state index contributed by atoms with van der Waals surface area (Å²) in [5, 5.41) is 9.62. The molecule has 28 heavy (non-hydrogen) atoms. The molecule has 0 bridgehead atoms. The van der Waals surface area contributed by atoms with Crippen molar-refractivity contribution in [2.24, 2.45) is 10.2 Å². The van der Waals surface area contributed by atoms with Crippen molar-refractivity contribution in [2.45, 2.75) is 51.9 Å². The van der Waals surface area contributed by atoms with Crippen LogP contribution in [0.15, 0.2) is 32.4 Å². The molecular weight excluding hydrogens is 426 g/mol. The first-order chi connectivity index (χ1) is 13.1. The van der Waals surface area contributed by atoms with E-state index in [0.29, 0.717) is 25.7 Å². The van der Waals surface area contributed by atoms with Crippen molar-refractivity contribution >= 4 is 33.9 Å². The lowest BCUT2D eigenvalue weighted by molar-refractivity contribution is -0.100. The second kappa shape index (κ2) is 9.68. The average Bonchev–Trinajstić information content (AvgIpc) is 3.19.